The van der Waals surface area contributed by atoms with Crippen molar-refractivity contribution in [1.82, 2.24) is 9.80 Å². The molecule has 2 nitrogen and oxygen atoms in total. The van der Waals surface area contributed by atoms with Crippen molar-refractivity contribution in [2.75, 3.05) is 32.7 Å². The molecule has 0 aliphatic carbocycles. The Morgan fingerprint density at radius 3 is 2.20 bits per heavy atom. The molecule has 0 spiro atoms. The average Bonchev–Trinajstić information content (AvgIpc) is 2.47. The summed E-state index contributed by atoms with van der Waals surface area (Å²) < 4.78 is 0. The van der Waals surface area contributed by atoms with Gasteiger partial charge in [-0.15, -0.1) is 0 Å². The smallest absolute Gasteiger partial charge is 0.0172 e. The number of hydrogen-bond donors (Lipinski definition) is 0. The van der Waals surface area contributed by atoms with Gasteiger partial charge in [-0.05, 0) is 63.6 Å². The van der Waals surface area contributed by atoms with Crippen molar-refractivity contribution in [3.05, 3.63) is 23.9 Å². The lowest BCUT2D eigenvalue weighted by Gasteiger charge is -2.28. The summed E-state index contributed by atoms with van der Waals surface area (Å²) in [5.41, 5.74) is 1.40. The molecule has 114 valence electrons. The summed E-state index contributed by atoms with van der Waals surface area (Å²) in [7, 11) is 0. The fourth-order valence-electron chi connectivity index (χ4n) is 3.30. The molecule has 0 bridgehead atoms. The van der Waals surface area contributed by atoms with Crippen LogP contribution < -0.4 is 0 Å². The minimum absolute atomic E-state index is 0.665. The van der Waals surface area contributed by atoms with Crippen LogP contribution in [0.25, 0.3) is 0 Å². The molecule has 2 saturated heterocycles. The molecular weight excluding hydrogens is 244 g/mol. The molecule has 20 heavy (non-hydrogen) atoms. The Bertz CT molecular complexity index is 320. The van der Waals surface area contributed by atoms with Crippen LogP contribution in [0.2, 0.25) is 0 Å². The van der Waals surface area contributed by atoms with Gasteiger partial charge in [0.1, 0.15) is 0 Å². The Labute approximate surface area is 125 Å². The molecule has 2 aliphatic rings. The molecule has 2 aliphatic heterocycles. The fourth-order valence-corrected chi connectivity index (χ4v) is 3.30. The highest BCUT2D eigenvalue weighted by Crippen LogP contribution is 2.13. The van der Waals surface area contributed by atoms with Gasteiger partial charge in [0.05, 0.1) is 0 Å². The summed E-state index contributed by atoms with van der Waals surface area (Å²) in [5.74, 6) is 0.665. The molecular formula is C18H32N2. The van der Waals surface area contributed by atoms with Crippen LogP contribution in [0.1, 0.15) is 52.4 Å². The molecule has 0 aromatic carbocycles. The van der Waals surface area contributed by atoms with Gasteiger partial charge in [-0.1, -0.05) is 25.5 Å². The monoisotopic (exact) mass is 276 g/mol. The SMILES string of the molecule is CC(/C=C/C(C)CN1CCCCC1)=C\N1CCCCC1. The summed E-state index contributed by atoms with van der Waals surface area (Å²) in [6.45, 7) is 10.9. The molecule has 0 aromatic rings. The molecule has 0 saturated carbocycles. The maximum atomic E-state index is 2.63. The van der Waals surface area contributed by atoms with Gasteiger partial charge < -0.3 is 9.80 Å². The van der Waals surface area contributed by atoms with E-state index in [-0.39, 0.29) is 0 Å². The van der Waals surface area contributed by atoms with Crippen LogP contribution in [0.4, 0.5) is 0 Å². The van der Waals surface area contributed by atoms with E-state index in [2.05, 4.69) is 42.0 Å². The molecule has 0 radical (unpaired) electrons. The van der Waals surface area contributed by atoms with Gasteiger partial charge in [-0.2, -0.15) is 0 Å². The van der Waals surface area contributed by atoms with E-state index in [0.717, 1.165) is 0 Å². The van der Waals surface area contributed by atoms with Gasteiger partial charge in [0.15, 0.2) is 0 Å². The van der Waals surface area contributed by atoms with E-state index in [0.29, 0.717) is 5.92 Å². The van der Waals surface area contributed by atoms with Crippen LogP contribution in [0.5, 0.6) is 0 Å². The molecule has 1 unspecified atom stereocenters. The number of nitrogens with zero attached hydrogens (tertiary/aromatic N) is 2. The second-order valence-electron chi connectivity index (χ2n) is 6.67. The Morgan fingerprint density at radius 2 is 1.55 bits per heavy atom. The maximum absolute atomic E-state index is 2.63. The second-order valence-corrected chi connectivity index (χ2v) is 6.67. The molecule has 0 aromatic heterocycles. The van der Waals surface area contributed by atoms with Gasteiger partial charge in [0.2, 0.25) is 0 Å². The normalized spacial score (nSPS) is 24.3. The second kappa shape index (κ2) is 8.51. The lowest BCUT2D eigenvalue weighted by atomic mass is 10.1. The first kappa shape index (κ1) is 15.6. The number of likely N-dealkylation sites (tertiary alicyclic amines) is 2. The third-order valence-corrected chi connectivity index (χ3v) is 4.46. The Hall–Kier alpha value is -0.760. The van der Waals surface area contributed by atoms with Gasteiger partial charge >= 0.3 is 0 Å². The van der Waals surface area contributed by atoms with E-state index in [4.69, 9.17) is 0 Å². The van der Waals surface area contributed by atoms with Crippen LogP contribution in [0, 0.1) is 5.92 Å². The van der Waals surface area contributed by atoms with Crippen LogP contribution in [-0.4, -0.2) is 42.5 Å². The summed E-state index contributed by atoms with van der Waals surface area (Å²) in [4.78, 5) is 5.11. The third-order valence-electron chi connectivity index (χ3n) is 4.46. The van der Waals surface area contributed by atoms with E-state index in [1.807, 2.05) is 0 Å². The average molecular weight is 276 g/mol. The molecule has 2 heterocycles. The zero-order valence-corrected chi connectivity index (χ0v) is 13.5. The topological polar surface area (TPSA) is 6.48 Å². The summed E-state index contributed by atoms with van der Waals surface area (Å²) in [6.07, 6.45) is 15.4. The fraction of sp³-hybridized carbons (Fsp3) is 0.778. The van der Waals surface area contributed by atoms with Crippen LogP contribution in [0.3, 0.4) is 0 Å². The van der Waals surface area contributed by atoms with Crippen LogP contribution in [-0.2, 0) is 0 Å². The number of hydrogen-bond acceptors (Lipinski definition) is 2. The van der Waals surface area contributed by atoms with E-state index in [1.165, 1.54) is 76.8 Å². The standard InChI is InChI=1S/C18H32N2/c1-17(15-19-11-5-3-6-12-19)9-10-18(2)16-20-13-7-4-8-14-20/h9-10,15,18H,3-8,11-14,16H2,1-2H3/b10-9+,17-15+. The largest absolute Gasteiger partial charge is 0.377 e. The highest BCUT2D eigenvalue weighted by Gasteiger charge is 2.11. The van der Waals surface area contributed by atoms with Gasteiger partial charge in [0, 0.05) is 25.8 Å². The lowest BCUT2D eigenvalue weighted by molar-refractivity contribution is 0.213. The van der Waals surface area contributed by atoms with Crippen molar-refractivity contribution in [3.63, 3.8) is 0 Å². The summed E-state index contributed by atoms with van der Waals surface area (Å²) in [6, 6.07) is 0. The van der Waals surface area contributed by atoms with Gasteiger partial charge in [-0.3, -0.25) is 0 Å². The third kappa shape index (κ3) is 5.70. The van der Waals surface area contributed by atoms with Crippen molar-refractivity contribution >= 4 is 0 Å². The Morgan fingerprint density at radius 1 is 0.950 bits per heavy atom. The number of allylic oxidation sites excluding steroid dienone is 2. The van der Waals surface area contributed by atoms with Crippen LogP contribution >= 0.6 is 0 Å². The molecule has 0 amide bonds. The number of piperidine rings is 2. The maximum Gasteiger partial charge on any atom is 0.0172 e. The lowest BCUT2D eigenvalue weighted by Crippen LogP contribution is -2.33. The first-order valence-electron chi connectivity index (χ1n) is 8.57. The van der Waals surface area contributed by atoms with Crippen LogP contribution in [0.15, 0.2) is 23.9 Å². The summed E-state index contributed by atoms with van der Waals surface area (Å²) >= 11 is 0. The van der Waals surface area contributed by atoms with E-state index < -0.39 is 0 Å². The van der Waals surface area contributed by atoms with E-state index >= 15 is 0 Å². The highest BCUT2D eigenvalue weighted by molar-refractivity contribution is 5.16. The highest BCUT2D eigenvalue weighted by atomic mass is 15.1. The first-order chi connectivity index (χ1) is 9.74. The predicted octanol–water partition coefficient (Wildman–Crippen LogP) is 4.05. The van der Waals surface area contributed by atoms with E-state index in [9.17, 15) is 0 Å². The zero-order chi connectivity index (χ0) is 14.2. The van der Waals surface area contributed by atoms with Gasteiger partial charge in [-0.25, -0.2) is 0 Å². The Balaban J connectivity index is 1.73. The number of rotatable bonds is 5. The van der Waals surface area contributed by atoms with E-state index in [1.54, 1.807) is 0 Å². The van der Waals surface area contributed by atoms with Crippen molar-refractivity contribution in [3.8, 4) is 0 Å². The Kier molecular flexibility index (Phi) is 6.65. The van der Waals surface area contributed by atoms with Crippen molar-refractivity contribution in [2.24, 2.45) is 5.92 Å². The quantitative estimate of drug-likeness (QED) is 0.699. The minimum Gasteiger partial charge on any atom is -0.377 e. The summed E-state index contributed by atoms with van der Waals surface area (Å²) in [5, 5.41) is 0. The molecule has 2 fully saturated rings. The first-order valence-corrected chi connectivity index (χ1v) is 8.57. The minimum atomic E-state index is 0.665. The van der Waals surface area contributed by atoms with Crippen molar-refractivity contribution < 1.29 is 0 Å². The molecule has 2 heteroatoms. The zero-order valence-electron chi connectivity index (χ0n) is 13.5. The van der Waals surface area contributed by atoms with Crippen molar-refractivity contribution in [2.45, 2.75) is 52.4 Å². The molecule has 0 N–H and O–H groups in total. The predicted molar refractivity (Wildman–Crippen MR) is 87.8 cm³/mol. The molecule has 1 atom stereocenters. The van der Waals surface area contributed by atoms with Gasteiger partial charge in [0.25, 0.3) is 0 Å². The molecule has 2 rings (SSSR count). The van der Waals surface area contributed by atoms with Crippen molar-refractivity contribution in [1.29, 1.82) is 0 Å².